The van der Waals surface area contributed by atoms with Gasteiger partial charge in [-0.1, -0.05) is 23.2 Å². The quantitative estimate of drug-likeness (QED) is 0.357. The van der Waals surface area contributed by atoms with Crippen molar-refractivity contribution in [1.29, 1.82) is 0 Å². The molecule has 2 atom stereocenters. The van der Waals surface area contributed by atoms with Gasteiger partial charge in [-0.15, -0.1) is 24.0 Å². The van der Waals surface area contributed by atoms with Gasteiger partial charge in [0.05, 0.1) is 6.54 Å². The second-order valence-electron chi connectivity index (χ2n) is 7.66. The summed E-state index contributed by atoms with van der Waals surface area (Å²) in [5, 5.41) is 11.6. The predicted octanol–water partition coefficient (Wildman–Crippen LogP) is 3.69. The summed E-state index contributed by atoms with van der Waals surface area (Å²) in [6, 6.07) is 9.19. The van der Waals surface area contributed by atoms with E-state index in [1.165, 1.54) is 19.3 Å². The number of aromatic nitrogens is 2. The summed E-state index contributed by atoms with van der Waals surface area (Å²) < 4.78 is 5.36. The van der Waals surface area contributed by atoms with Gasteiger partial charge in [-0.25, -0.2) is 0 Å². The fourth-order valence-electron chi connectivity index (χ4n) is 4.32. The summed E-state index contributed by atoms with van der Waals surface area (Å²) in [5.74, 6) is 1.85. The first-order chi connectivity index (χ1) is 13.6. The first-order valence-corrected chi connectivity index (χ1v) is 10.3. The molecule has 158 valence electrons. The first-order valence-electron chi connectivity index (χ1n) is 9.90. The van der Waals surface area contributed by atoms with E-state index in [9.17, 15) is 0 Å². The van der Waals surface area contributed by atoms with Gasteiger partial charge in [0.2, 0.25) is 11.7 Å². The highest BCUT2D eigenvalue weighted by molar-refractivity contribution is 14.0. The van der Waals surface area contributed by atoms with Crippen molar-refractivity contribution in [3.8, 4) is 11.4 Å². The Morgan fingerprint density at radius 2 is 1.93 bits per heavy atom. The maximum absolute atomic E-state index is 5.93. The van der Waals surface area contributed by atoms with E-state index >= 15 is 0 Å². The van der Waals surface area contributed by atoms with Crippen LogP contribution in [0.15, 0.2) is 33.8 Å². The van der Waals surface area contributed by atoms with Gasteiger partial charge in [0.15, 0.2) is 5.96 Å². The topological polar surface area (TPSA) is 78.6 Å². The molecule has 9 heteroatoms. The van der Waals surface area contributed by atoms with Gasteiger partial charge in [-0.3, -0.25) is 4.99 Å². The zero-order valence-electron chi connectivity index (χ0n) is 16.8. The lowest BCUT2D eigenvalue weighted by Gasteiger charge is -2.47. The highest BCUT2D eigenvalue weighted by Crippen LogP contribution is 2.32. The highest BCUT2D eigenvalue weighted by Gasteiger charge is 2.36. The van der Waals surface area contributed by atoms with E-state index in [1.807, 2.05) is 24.3 Å². The average Bonchev–Trinajstić information content (AvgIpc) is 3.15. The molecule has 2 unspecified atom stereocenters. The van der Waals surface area contributed by atoms with E-state index in [-0.39, 0.29) is 24.0 Å². The molecule has 29 heavy (non-hydrogen) atoms. The maximum atomic E-state index is 5.93. The van der Waals surface area contributed by atoms with Gasteiger partial charge < -0.3 is 20.1 Å². The van der Waals surface area contributed by atoms with Crippen LogP contribution in [0.25, 0.3) is 11.4 Å². The molecule has 3 heterocycles. The van der Waals surface area contributed by atoms with E-state index in [0.717, 1.165) is 24.4 Å². The molecule has 0 saturated carbocycles. The van der Waals surface area contributed by atoms with Gasteiger partial charge in [-0.05, 0) is 57.0 Å². The summed E-state index contributed by atoms with van der Waals surface area (Å²) in [6.45, 7) is 0.430. The van der Waals surface area contributed by atoms with Crippen molar-refractivity contribution in [3.63, 3.8) is 0 Å². The number of aliphatic imine (C=N–C) groups is 1. The van der Waals surface area contributed by atoms with Crippen molar-refractivity contribution < 1.29 is 4.52 Å². The van der Waals surface area contributed by atoms with Crippen LogP contribution in [-0.2, 0) is 6.54 Å². The molecule has 2 N–H and O–H groups in total. The Hall–Kier alpha value is -1.39. The molecule has 2 bridgehead atoms. The van der Waals surface area contributed by atoms with Crippen molar-refractivity contribution >= 4 is 41.5 Å². The average molecular weight is 531 g/mol. The summed E-state index contributed by atoms with van der Waals surface area (Å²) in [6.07, 6.45) is 6.27. The Kier molecular flexibility index (Phi) is 7.75. The molecule has 2 aliphatic rings. The number of rotatable bonds is 4. The molecule has 2 saturated heterocycles. The molecule has 7 nitrogen and oxygen atoms in total. The number of fused-ring (bicyclic) bond motifs is 2. The van der Waals surface area contributed by atoms with Crippen molar-refractivity contribution in [1.82, 2.24) is 25.7 Å². The van der Waals surface area contributed by atoms with Crippen LogP contribution in [0.5, 0.6) is 0 Å². The van der Waals surface area contributed by atoms with Crippen LogP contribution in [0.3, 0.4) is 0 Å². The van der Waals surface area contributed by atoms with E-state index in [1.54, 1.807) is 7.05 Å². The van der Waals surface area contributed by atoms with Crippen LogP contribution >= 0.6 is 35.6 Å². The molecule has 0 aliphatic carbocycles. The zero-order valence-corrected chi connectivity index (χ0v) is 19.9. The van der Waals surface area contributed by atoms with Crippen molar-refractivity contribution in [2.75, 3.05) is 14.1 Å². The number of nitrogens with zero attached hydrogens (tertiary/aromatic N) is 4. The maximum Gasteiger partial charge on any atom is 0.246 e. The minimum absolute atomic E-state index is 0. The number of hydrogen-bond acceptors (Lipinski definition) is 5. The number of piperidine rings is 2. The molecule has 0 radical (unpaired) electrons. The van der Waals surface area contributed by atoms with Crippen LogP contribution in [0.4, 0.5) is 0 Å². The molecule has 2 aromatic rings. The normalized spacial score (nSPS) is 24.7. The molecule has 0 spiro atoms. The third-order valence-electron chi connectivity index (χ3n) is 5.88. The number of hydrogen-bond donors (Lipinski definition) is 2. The highest BCUT2D eigenvalue weighted by atomic mass is 127. The van der Waals surface area contributed by atoms with Crippen molar-refractivity contribution in [3.05, 3.63) is 35.2 Å². The molecule has 1 aromatic heterocycles. The van der Waals surface area contributed by atoms with Crippen LogP contribution < -0.4 is 10.6 Å². The smallest absolute Gasteiger partial charge is 0.246 e. The lowest BCUT2D eigenvalue weighted by Crippen LogP contribution is -2.56. The number of guanidine groups is 1. The SMILES string of the molecule is CN=C(NCc1nc(-c2ccc(Cl)cc2)no1)NC1CC2CCCC(C1)N2C.I. The van der Waals surface area contributed by atoms with Gasteiger partial charge >= 0.3 is 0 Å². The standard InChI is InChI=1S/C20H27ClN6O.HI/c1-22-20(24-15-10-16-4-3-5-17(11-15)27(16)2)23-12-18-25-19(26-28-18)13-6-8-14(21)9-7-13;/h6-9,15-17H,3-5,10-12H2,1-2H3,(H2,22,23,24);1H. The van der Waals surface area contributed by atoms with Gasteiger partial charge in [0.25, 0.3) is 0 Å². The monoisotopic (exact) mass is 530 g/mol. The molecule has 0 amide bonds. The Labute approximate surface area is 193 Å². The van der Waals surface area contributed by atoms with Crippen LogP contribution in [0.2, 0.25) is 5.02 Å². The molecule has 2 fully saturated rings. The van der Waals surface area contributed by atoms with E-state index in [2.05, 4.69) is 37.7 Å². The van der Waals surface area contributed by atoms with Crippen LogP contribution in [-0.4, -0.2) is 53.2 Å². The zero-order chi connectivity index (χ0) is 19.5. The molecule has 4 rings (SSSR count). The summed E-state index contributed by atoms with van der Waals surface area (Å²) in [7, 11) is 4.06. The van der Waals surface area contributed by atoms with E-state index in [0.29, 0.717) is 41.4 Å². The third kappa shape index (κ3) is 5.40. The molecular weight excluding hydrogens is 503 g/mol. The Balaban J connectivity index is 0.00000240. The Morgan fingerprint density at radius 3 is 2.59 bits per heavy atom. The van der Waals surface area contributed by atoms with Crippen molar-refractivity contribution in [2.24, 2.45) is 4.99 Å². The van der Waals surface area contributed by atoms with Gasteiger partial charge in [0.1, 0.15) is 0 Å². The largest absolute Gasteiger partial charge is 0.354 e. The number of nitrogens with one attached hydrogen (secondary N) is 2. The Bertz CT molecular complexity index is 813. The minimum atomic E-state index is 0. The molecular formula is C20H28ClIN6O. The lowest BCUT2D eigenvalue weighted by molar-refractivity contribution is 0.0526. The van der Waals surface area contributed by atoms with Crippen molar-refractivity contribution in [2.45, 2.75) is 56.8 Å². The van der Waals surface area contributed by atoms with Crippen LogP contribution in [0, 0.1) is 0 Å². The molecule has 2 aliphatic heterocycles. The van der Waals surface area contributed by atoms with Gasteiger partial charge in [0, 0.05) is 35.8 Å². The van der Waals surface area contributed by atoms with E-state index in [4.69, 9.17) is 16.1 Å². The van der Waals surface area contributed by atoms with Crippen LogP contribution in [0.1, 0.15) is 38.0 Å². The number of benzene rings is 1. The molecule has 1 aromatic carbocycles. The number of halogens is 2. The fraction of sp³-hybridized carbons (Fsp3) is 0.550. The summed E-state index contributed by atoms with van der Waals surface area (Å²) in [5.41, 5.74) is 0.875. The summed E-state index contributed by atoms with van der Waals surface area (Å²) in [4.78, 5) is 11.4. The Morgan fingerprint density at radius 1 is 1.24 bits per heavy atom. The summed E-state index contributed by atoms with van der Waals surface area (Å²) >= 11 is 5.93. The third-order valence-corrected chi connectivity index (χ3v) is 6.13. The fourth-order valence-corrected chi connectivity index (χ4v) is 4.45. The predicted molar refractivity (Wildman–Crippen MR) is 126 cm³/mol. The second kappa shape index (κ2) is 10.1. The second-order valence-corrected chi connectivity index (χ2v) is 8.10. The first kappa shape index (κ1) is 22.3. The minimum Gasteiger partial charge on any atom is -0.354 e. The van der Waals surface area contributed by atoms with Gasteiger partial charge in [-0.2, -0.15) is 4.98 Å². The lowest BCUT2D eigenvalue weighted by atomic mass is 9.82. The van der Waals surface area contributed by atoms with E-state index < -0.39 is 0 Å².